The van der Waals surface area contributed by atoms with Crippen molar-refractivity contribution >= 4 is 15.9 Å². The number of hydrogen-bond acceptors (Lipinski definition) is 5. The molecule has 1 aliphatic heterocycles. The van der Waals surface area contributed by atoms with Gasteiger partial charge in [0.15, 0.2) is 0 Å². The van der Waals surface area contributed by atoms with Gasteiger partial charge in [-0.2, -0.15) is 0 Å². The van der Waals surface area contributed by atoms with Crippen LogP contribution in [0.3, 0.4) is 0 Å². The van der Waals surface area contributed by atoms with Crippen molar-refractivity contribution in [2.24, 2.45) is 17.3 Å². The third-order valence-electron chi connectivity index (χ3n) is 6.31. The van der Waals surface area contributed by atoms with Crippen LogP contribution in [-0.2, 0) is 14.8 Å². The molecular weight excluding hydrogens is 366 g/mol. The highest BCUT2D eigenvalue weighted by atomic mass is 32.2. The second kappa shape index (κ2) is 8.35. The molecule has 0 aromatic rings. The van der Waals surface area contributed by atoms with Crippen molar-refractivity contribution in [3.63, 3.8) is 0 Å². The zero-order chi connectivity index (χ0) is 20.5. The summed E-state index contributed by atoms with van der Waals surface area (Å²) < 4.78 is 25.4. The minimum Gasteiger partial charge on any atom is -0.389 e. The van der Waals surface area contributed by atoms with E-state index in [0.717, 1.165) is 25.7 Å². The van der Waals surface area contributed by atoms with Gasteiger partial charge in [-0.05, 0) is 37.0 Å². The molecule has 2 aliphatic rings. The summed E-state index contributed by atoms with van der Waals surface area (Å²) in [5.41, 5.74) is -0.501. The normalized spacial score (nSPS) is 32.1. The van der Waals surface area contributed by atoms with Crippen LogP contribution < -0.4 is 5.32 Å². The fourth-order valence-corrected chi connectivity index (χ4v) is 5.33. The van der Waals surface area contributed by atoms with E-state index in [4.69, 9.17) is 0 Å². The molecule has 1 amide bonds. The van der Waals surface area contributed by atoms with E-state index in [1.54, 1.807) is 7.05 Å². The van der Waals surface area contributed by atoms with Gasteiger partial charge in [0.25, 0.3) is 0 Å². The molecule has 0 bridgehead atoms. The van der Waals surface area contributed by atoms with Crippen molar-refractivity contribution in [1.82, 2.24) is 14.5 Å². The third kappa shape index (κ3) is 6.14. The third-order valence-corrected chi connectivity index (χ3v) is 7.58. The number of carbonyl (C=O) groups excluding carboxylic acids is 1. The fourth-order valence-electron chi connectivity index (χ4n) is 4.46. The van der Waals surface area contributed by atoms with Crippen LogP contribution in [0.25, 0.3) is 0 Å². The number of β-amino-alcohol motifs (C(OH)–C–C–N with tert-alkyl or cyclic N) is 1. The fraction of sp³-hybridized carbons (Fsp3) is 0.947. The van der Waals surface area contributed by atoms with E-state index in [1.807, 2.05) is 0 Å². The first-order chi connectivity index (χ1) is 12.3. The van der Waals surface area contributed by atoms with Crippen molar-refractivity contribution in [3.8, 4) is 0 Å². The highest BCUT2D eigenvalue weighted by molar-refractivity contribution is 7.88. The second-order valence-electron chi connectivity index (χ2n) is 9.53. The molecule has 2 N–H and O–H groups in total. The summed E-state index contributed by atoms with van der Waals surface area (Å²) in [7, 11) is -1.78. The Hall–Kier alpha value is -0.700. The zero-order valence-electron chi connectivity index (χ0n) is 17.5. The average Bonchev–Trinajstić information content (AvgIpc) is 2.75. The minimum absolute atomic E-state index is 0.154. The molecule has 0 aromatic heterocycles. The highest BCUT2D eigenvalue weighted by Gasteiger charge is 2.40. The summed E-state index contributed by atoms with van der Waals surface area (Å²) in [5.74, 6) is 0.0296. The predicted octanol–water partition coefficient (Wildman–Crippen LogP) is 0.893. The Morgan fingerprint density at radius 3 is 2.26 bits per heavy atom. The van der Waals surface area contributed by atoms with Gasteiger partial charge in [0.05, 0.1) is 17.8 Å². The van der Waals surface area contributed by atoms with Gasteiger partial charge >= 0.3 is 0 Å². The number of aliphatic hydroxyl groups is 1. The molecule has 27 heavy (non-hydrogen) atoms. The molecule has 1 saturated heterocycles. The lowest BCUT2D eigenvalue weighted by atomic mass is 9.68. The quantitative estimate of drug-likeness (QED) is 0.728. The molecule has 0 radical (unpaired) electrons. The number of rotatable bonds is 4. The van der Waals surface area contributed by atoms with Gasteiger partial charge in [-0.3, -0.25) is 9.69 Å². The van der Waals surface area contributed by atoms with Gasteiger partial charge in [0.1, 0.15) is 0 Å². The second-order valence-corrected chi connectivity index (χ2v) is 11.5. The van der Waals surface area contributed by atoms with Crippen LogP contribution in [0.4, 0.5) is 0 Å². The van der Waals surface area contributed by atoms with Gasteiger partial charge in [-0.25, -0.2) is 12.7 Å². The average molecular weight is 404 g/mol. The summed E-state index contributed by atoms with van der Waals surface area (Å²) in [6.07, 6.45) is 4.70. The first kappa shape index (κ1) is 22.6. The Morgan fingerprint density at radius 1 is 1.19 bits per heavy atom. The monoisotopic (exact) mass is 403 g/mol. The predicted molar refractivity (Wildman–Crippen MR) is 107 cm³/mol. The van der Waals surface area contributed by atoms with E-state index < -0.39 is 21.5 Å². The van der Waals surface area contributed by atoms with Crippen molar-refractivity contribution < 1.29 is 18.3 Å². The lowest BCUT2D eigenvalue weighted by Crippen LogP contribution is -2.49. The molecular formula is C19H37N3O4S. The molecule has 0 unspecified atom stereocenters. The molecule has 2 fully saturated rings. The summed E-state index contributed by atoms with van der Waals surface area (Å²) in [4.78, 5) is 14.3. The number of hydrogen-bond donors (Lipinski definition) is 2. The Morgan fingerprint density at radius 2 is 1.78 bits per heavy atom. The topological polar surface area (TPSA) is 90.0 Å². The molecule has 1 atom stereocenters. The van der Waals surface area contributed by atoms with Crippen LogP contribution in [0.2, 0.25) is 0 Å². The van der Waals surface area contributed by atoms with Crippen LogP contribution in [0.1, 0.15) is 46.5 Å². The Balaban J connectivity index is 2.06. The first-order valence-corrected chi connectivity index (χ1v) is 11.8. The smallest absolute Gasteiger partial charge is 0.225 e. The lowest BCUT2D eigenvalue weighted by Gasteiger charge is -2.43. The van der Waals surface area contributed by atoms with E-state index in [2.05, 4.69) is 31.0 Å². The van der Waals surface area contributed by atoms with E-state index >= 15 is 0 Å². The summed E-state index contributed by atoms with van der Waals surface area (Å²) in [6.45, 7) is 8.81. The van der Waals surface area contributed by atoms with Crippen molar-refractivity contribution in [1.29, 1.82) is 0 Å². The Bertz CT molecular complexity index is 621. The van der Waals surface area contributed by atoms with Gasteiger partial charge in [-0.1, -0.05) is 20.8 Å². The summed E-state index contributed by atoms with van der Waals surface area (Å²) >= 11 is 0. The highest BCUT2D eigenvalue weighted by Crippen LogP contribution is 2.41. The van der Waals surface area contributed by atoms with Gasteiger partial charge < -0.3 is 10.4 Å². The first-order valence-electron chi connectivity index (χ1n) is 9.95. The number of nitrogens with one attached hydrogen (secondary N) is 1. The van der Waals surface area contributed by atoms with Crippen LogP contribution in [0, 0.1) is 17.3 Å². The molecule has 0 aromatic carbocycles. The number of amides is 1. The molecule has 158 valence electrons. The van der Waals surface area contributed by atoms with Crippen LogP contribution in [-0.4, -0.2) is 80.3 Å². The molecule has 8 heteroatoms. The molecule has 0 spiro atoms. The molecule has 1 aliphatic carbocycles. The van der Waals surface area contributed by atoms with E-state index in [9.17, 15) is 18.3 Å². The number of sulfonamides is 1. The van der Waals surface area contributed by atoms with Crippen molar-refractivity contribution in [3.05, 3.63) is 0 Å². The molecule has 1 saturated carbocycles. The molecule has 7 nitrogen and oxygen atoms in total. The van der Waals surface area contributed by atoms with E-state index in [0.29, 0.717) is 32.1 Å². The number of carbonyl (C=O) groups is 1. The zero-order valence-corrected chi connectivity index (χ0v) is 18.3. The lowest BCUT2D eigenvalue weighted by molar-refractivity contribution is -0.125. The van der Waals surface area contributed by atoms with E-state index in [1.165, 1.54) is 10.6 Å². The van der Waals surface area contributed by atoms with Crippen LogP contribution >= 0.6 is 0 Å². The van der Waals surface area contributed by atoms with Gasteiger partial charge in [0.2, 0.25) is 15.9 Å². The maximum absolute atomic E-state index is 12.2. The maximum Gasteiger partial charge on any atom is 0.225 e. The maximum atomic E-state index is 12.2. The van der Waals surface area contributed by atoms with Crippen LogP contribution in [0.15, 0.2) is 0 Å². The van der Waals surface area contributed by atoms with Crippen LogP contribution in [0.5, 0.6) is 0 Å². The van der Waals surface area contributed by atoms with Gasteiger partial charge in [-0.15, -0.1) is 0 Å². The number of nitrogens with zero attached hydrogens (tertiary/aromatic N) is 2. The Kier molecular flexibility index (Phi) is 6.98. The standard InChI is InChI=1S/C19H37N3O4S/c1-18(2,3)16-6-8-19(24,9-7-16)14-21-10-11-22(27(5,25)26)13-15(12-21)17(23)20-4/h15-16,24H,6-14H2,1-5H3,(H,20,23)/t15-,16?,19?/m0/s1. The Labute approximate surface area is 164 Å². The van der Waals surface area contributed by atoms with Crippen molar-refractivity contribution in [2.45, 2.75) is 52.1 Å². The SMILES string of the molecule is CNC(=O)[C@H]1CN(CC2(O)CCC(C(C)(C)C)CC2)CCN(S(C)(=O)=O)C1. The van der Waals surface area contributed by atoms with Crippen molar-refractivity contribution in [2.75, 3.05) is 46.0 Å². The van der Waals surface area contributed by atoms with E-state index in [-0.39, 0.29) is 17.9 Å². The summed E-state index contributed by atoms with van der Waals surface area (Å²) in [5, 5.41) is 13.8. The molecule has 2 rings (SSSR count). The molecule has 1 heterocycles. The van der Waals surface area contributed by atoms with Gasteiger partial charge in [0, 0.05) is 39.8 Å². The minimum atomic E-state index is -3.36. The summed E-state index contributed by atoms with van der Waals surface area (Å²) in [6, 6.07) is 0. The largest absolute Gasteiger partial charge is 0.389 e.